The zero-order valence-electron chi connectivity index (χ0n) is 15.1. The van der Waals surface area contributed by atoms with Gasteiger partial charge in [-0.1, -0.05) is 141 Å². The van der Waals surface area contributed by atoms with Gasteiger partial charge in [-0.3, -0.25) is 0 Å². The van der Waals surface area contributed by atoms with Gasteiger partial charge >= 0.3 is 0 Å². The Morgan fingerprint density at radius 2 is 0.731 bits per heavy atom. The van der Waals surface area contributed by atoms with Gasteiger partial charge in [-0.25, -0.2) is 0 Å². The Bertz CT molecular complexity index is 766. The Morgan fingerprint density at radius 1 is 0.500 bits per heavy atom. The Balaban J connectivity index is 2.40. The zero-order valence-corrected chi connectivity index (χ0v) is 19.9. The maximum absolute atomic E-state index is 3.59. The van der Waals surface area contributed by atoms with Crippen molar-refractivity contribution in [1.82, 2.24) is 0 Å². The number of halogens is 3. The van der Waals surface area contributed by atoms with Gasteiger partial charge in [0.15, 0.2) is 0 Å². The smallest absolute Gasteiger partial charge is 0.0862 e. The van der Waals surface area contributed by atoms with Crippen molar-refractivity contribution in [1.29, 1.82) is 0 Å². The van der Waals surface area contributed by atoms with Crippen LogP contribution in [0.25, 0.3) is 0 Å². The van der Waals surface area contributed by atoms with Gasteiger partial charge in [0, 0.05) is 13.4 Å². The average Bonchev–Trinajstić information content (AvgIpc) is 2.59. The van der Waals surface area contributed by atoms with E-state index in [1.165, 1.54) is 16.4 Å². The summed E-state index contributed by atoms with van der Waals surface area (Å²) in [6.07, 6.45) is -1.16. The summed E-state index contributed by atoms with van der Waals surface area (Å²) < 4.78 is 3.31. The molecule has 0 atom stereocenters. The van der Waals surface area contributed by atoms with E-state index in [1.807, 2.05) is 0 Å². The lowest BCUT2D eigenvalue weighted by molar-refractivity contribution is 0.739. The predicted molar refractivity (Wildman–Crippen MR) is 127 cm³/mol. The van der Waals surface area contributed by atoms with Crippen molar-refractivity contribution in [2.45, 2.75) is 26.1 Å². The Kier molecular flexibility index (Phi) is 5.86. The van der Waals surface area contributed by atoms with E-state index in [0.29, 0.717) is 0 Å². The molecular formula is C22H21BBr3-. The fourth-order valence-corrected chi connectivity index (χ4v) is 5.12. The van der Waals surface area contributed by atoms with Crippen LogP contribution in [0, 0.1) is 0 Å². The van der Waals surface area contributed by atoms with E-state index in [1.54, 1.807) is 0 Å². The Labute approximate surface area is 181 Å². The third-order valence-electron chi connectivity index (χ3n) is 5.41. The second-order valence-electron chi connectivity index (χ2n) is 7.89. The van der Waals surface area contributed by atoms with E-state index in [-0.39, 0.29) is 5.31 Å². The molecule has 0 aliphatic rings. The standard InChI is InChI=1S/C22H21BBr3/c1-22(2,3)23(16-4-10-19(24)11-5-16,17-6-12-20(25)13-7-17)18-8-14-21(26)15-9-18/h4-15H,1-3H3/q-1. The minimum atomic E-state index is -1.16. The molecule has 0 saturated heterocycles. The van der Waals surface area contributed by atoms with Gasteiger partial charge < -0.3 is 0 Å². The SMILES string of the molecule is CC(C)(C)[B-](c1ccc(Br)cc1)(c1ccc(Br)cc1)c1ccc(Br)cc1. The largest absolute Gasteiger partial charge is 0.199 e. The summed E-state index contributed by atoms with van der Waals surface area (Å²) in [5.41, 5.74) is 4.06. The fourth-order valence-electron chi connectivity index (χ4n) is 4.33. The van der Waals surface area contributed by atoms with E-state index in [2.05, 4.69) is 141 Å². The average molecular weight is 536 g/mol. The quantitative estimate of drug-likeness (QED) is 0.348. The summed E-state index contributed by atoms with van der Waals surface area (Å²) in [6.45, 7) is 7.04. The molecular weight excluding hydrogens is 515 g/mol. The van der Waals surface area contributed by atoms with Crippen molar-refractivity contribution in [2.24, 2.45) is 0 Å². The van der Waals surface area contributed by atoms with Crippen molar-refractivity contribution >= 4 is 70.3 Å². The van der Waals surface area contributed by atoms with Gasteiger partial charge in [0.1, 0.15) is 0 Å². The van der Waals surface area contributed by atoms with Gasteiger partial charge in [0.25, 0.3) is 0 Å². The van der Waals surface area contributed by atoms with Crippen LogP contribution >= 0.6 is 47.8 Å². The summed E-state index contributed by atoms with van der Waals surface area (Å²) in [7, 11) is 0. The van der Waals surface area contributed by atoms with Crippen LogP contribution in [-0.4, -0.2) is 6.15 Å². The van der Waals surface area contributed by atoms with Crippen LogP contribution in [0.15, 0.2) is 86.2 Å². The van der Waals surface area contributed by atoms with Gasteiger partial charge in [-0.15, -0.1) is 5.31 Å². The maximum Gasteiger partial charge on any atom is 0.0862 e. The van der Waals surface area contributed by atoms with Gasteiger partial charge in [0.05, 0.1) is 6.15 Å². The van der Waals surface area contributed by atoms with Crippen molar-refractivity contribution < 1.29 is 0 Å². The third kappa shape index (κ3) is 3.61. The van der Waals surface area contributed by atoms with E-state index < -0.39 is 6.15 Å². The van der Waals surface area contributed by atoms with E-state index >= 15 is 0 Å². The summed E-state index contributed by atoms with van der Waals surface area (Å²) in [5, 5.41) is 0.0233. The van der Waals surface area contributed by atoms with Crippen molar-refractivity contribution in [3.05, 3.63) is 86.2 Å². The van der Waals surface area contributed by atoms with E-state index in [4.69, 9.17) is 0 Å². The van der Waals surface area contributed by atoms with E-state index in [9.17, 15) is 0 Å². The molecule has 134 valence electrons. The predicted octanol–water partition coefficient (Wildman–Crippen LogP) is 6.24. The fraction of sp³-hybridized carbons (Fsp3) is 0.182. The minimum absolute atomic E-state index is 0.0233. The molecule has 0 saturated carbocycles. The summed E-state index contributed by atoms with van der Waals surface area (Å²) >= 11 is 10.8. The molecule has 0 spiro atoms. The molecule has 0 aliphatic heterocycles. The molecule has 0 radical (unpaired) electrons. The molecule has 26 heavy (non-hydrogen) atoms. The normalized spacial score (nSPS) is 12.2. The van der Waals surface area contributed by atoms with Crippen LogP contribution in [0.1, 0.15) is 20.8 Å². The molecule has 4 heteroatoms. The van der Waals surface area contributed by atoms with Crippen LogP contribution in [0.5, 0.6) is 0 Å². The molecule has 0 aromatic heterocycles. The van der Waals surface area contributed by atoms with Crippen LogP contribution < -0.4 is 16.4 Å². The summed E-state index contributed by atoms with van der Waals surface area (Å²) in [4.78, 5) is 0. The minimum Gasteiger partial charge on any atom is -0.199 e. The van der Waals surface area contributed by atoms with Crippen molar-refractivity contribution in [2.75, 3.05) is 0 Å². The molecule has 0 aliphatic carbocycles. The highest BCUT2D eigenvalue weighted by molar-refractivity contribution is 9.11. The van der Waals surface area contributed by atoms with Crippen molar-refractivity contribution in [3.8, 4) is 0 Å². The molecule has 0 amide bonds. The van der Waals surface area contributed by atoms with Gasteiger partial charge in [-0.05, 0) is 0 Å². The first-order chi connectivity index (χ1) is 12.2. The molecule has 3 rings (SSSR count). The lowest BCUT2D eigenvalue weighted by Crippen LogP contribution is -2.72. The molecule has 3 aromatic rings. The number of hydrogen-bond acceptors (Lipinski definition) is 0. The lowest BCUT2D eigenvalue weighted by atomic mass is 9.07. The number of rotatable bonds is 3. The first-order valence-electron chi connectivity index (χ1n) is 8.69. The maximum atomic E-state index is 3.59. The second-order valence-corrected chi connectivity index (χ2v) is 10.6. The monoisotopic (exact) mass is 533 g/mol. The summed E-state index contributed by atoms with van der Waals surface area (Å²) in [5.74, 6) is 0. The van der Waals surface area contributed by atoms with Crippen LogP contribution in [0.2, 0.25) is 5.31 Å². The van der Waals surface area contributed by atoms with Gasteiger partial charge in [-0.2, -0.15) is 16.4 Å². The first kappa shape index (κ1) is 19.9. The Hall–Kier alpha value is -0.835. The topological polar surface area (TPSA) is 0 Å². The summed E-state index contributed by atoms with van der Waals surface area (Å²) in [6, 6.07) is 26.5. The molecule has 0 bridgehead atoms. The molecule has 0 heterocycles. The van der Waals surface area contributed by atoms with Crippen LogP contribution in [-0.2, 0) is 0 Å². The lowest BCUT2D eigenvalue weighted by Gasteiger charge is -2.54. The number of hydrogen-bond donors (Lipinski definition) is 0. The van der Waals surface area contributed by atoms with Crippen LogP contribution in [0.4, 0.5) is 0 Å². The Morgan fingerprint density at radius 3 is 0.923 bits per heavy atom. The highest BCUT2D eigenvalue weighted by Gasteiger charge is 2.39. The molecule has 0 fully saturated rings. The molecule has 0 unspecified atom stereocenters. The van der Waals surface area contributed by atoms with Crippen LogP contribution in [0.3, 0.4) is 0 Å². The van der Waals surface area contributed by atoms with Crippen molar-refractivity contribution in [3.63, 3.8) is 0 Å². The third-order valence-corrected chi connectivity index (χ3v) is 7.00. The zero-order chi connectivity index (χ0) is 18.9. The molecule has 0 nitrogen and oxygen atoms in total. The molecule has 0 N–H and O–H groups in total. The number of benzene rings is 3. The highest BCUT2D eigenvalue weighted by Crippen LogP contribution is 2.36. The first-order valence-corrected chi connectivity index (χ1v) is 11.1. The highest BCUT2D eigenvalue weighted by atomic mass is 79.9. The second kappa shape index (κ2) is 7.65. The van der Waals surface area contributed by atoms with Gasteiger partial charge in [0.2, 0.25) is 0 Å². The molecule has 3 aromatic carbocycles. The van der Waals surface area contributed by atoms with E-state index in [0.717, 1.165) is 13.4 Å².